The molecule has 1 aromatic heterocycles. The molecule has 3 rings (SSSR count). The quantitative estimate of drug-likeness (QED) is 0.780. The molecule has 1 amide bonds. The fourth-order valence-corrected chi connectivity index (χ4v) is 3.27. The molecule has 0 bridgehead atoms. The number of aliphatic carboxylic acids is 1. The highest BCUT2D eigenvalue weighted by Gasteiger charge is 2.29. The minimum absolute atomic E-state index is 0.0716. The lowest BCUT2D eigenvalue weighted by Crippen LogP contribution is -2.49. The first-order chi connectivity index (χ1) is 13.3. The third-order valence-corrected chi connectivity index (χ3v) is 4.72. The Morgan fingerprint density at radius 1 is 1.29 bits per heavy atom. The standard InChI is InChI=1S/C19H25N5O4/c1-13-4-6-15(7-5-13)24-14(2)18(20-21-24)19(27)23-8-9-28-16(11-23)10-22(3)12-17(25)26/h4-7,16H,8-12H2,1-3H3,(H,25,26). The Labute approximate surface area is 163 Å². The summed E-state index contributed by atoms with van der Waals surface area (Å²) in [5.74, 6) is -1.08. The maximum absolute atomic E-state index is 13.0. The van der Waals surface area contributed by atoms with Crippen molar-refractivity contribution in [3.05, 3.63) is 41.2 Å². The molecule has 1 aliphatic rings. The van der Waals surface area contributed by atoms with E-state index in [-0.39, 0.29) is 18.6 Å². The number of carboxylic acid groups (broad SMARTS) is 1. The number of benzene rings is 1. The van der Waals surface area contributed by atoms with Crippen LogP contribution < -0.4 is 0 Å². The van der Waals surface area contributed by atoms with Crippen LogP contribution in [0.4, 0.5) is 0 Å². The van der Waals surface area contributed by atoms with E-state index in [0.29, 0.717) is 37.6 Å². The Balaban J connectivity index is 1.70. The summed E-state index contributed by atoms with van der Waals surface area (Å²) in [6.07, 6.45) is -0.241. The Hall–Kier alpha value is -2.78. The number of morpholine rings is 1. The minimum Gasteiger partial charge on any atom is -0.480 e. The number of carboxylic acids is 1. The summed E-state index contributed by atoms with van der Waals surface area (Å²) in [5, 5.41) is 17.1. The molecular formula is C19H25N5O4. The molecule has 0 spiro atoms. The van der Waals surface area contributed by atoms with E-state index in [4.69, 9.17) is 9.84 Å². The highest BCUT2D eigenvalue weighted by Crippen LogP contribution is 2.16. The molecule has 1 unspecified atom stereocenters. The second-order valence-electron chi connectivity index (χ2n) is 7.11. The van der Waals surface area contributed by atoms with Crippen LogP contribution in [0.1, 0.15) is 21.7 Å². The third-order valence-electron chi connectivity index (χ3n) is 4.72. The number of aromatic nitrogens is 3. The monoisotopic (exact) mass is 387 g/mol. The van der Waals surface area contributed by atoms with E-state index in [0.717, 1.165) is 11.3 Å². The topological polar surface area (TPSA) is 101 Å². The molecule has 9 nitrogen and oxygen atoms in total. The zero-order valence-electron chi connectivity index (χ0n) is 16.3. The molecule has 0 aliphatic carbocycles. The molecule has 9 heteroatoms. The number of hydrogen-bond donors (Lipinski definition) is 1. The highest BCUT2D eigenvalue weighted by molar-refractivity contribution is 5.93. The molecule has 1 aromatic carbocycles. The normalized spacial score (nSPS) is 17.1. The van der Waals surface area contributed by atoms with Crippen molar-refractivity contribution in [2.45, 2.75) is 20.0 Å². The molecule has 28 heavy (non-hydrogen) atoms. The molecule has 1 N–H and O–H groups in total. The van der Waals surface area contributed by atoms with Crippen molar-refractivity contribution in [2.75, 3.05) is 39.8 Å². The van der Waals surface area contributed by atoms with Crippen LogP contribution in [0, 0.1) is 13.8 Å². The summed E-state index contributed by atoms with van der Waals surface area (Å²) in [7, 11) is 1.72. The highest BCUT2D eigenvalue weighted by atomic mass is 16.5. The van der Waals surface area contributed by atoms with E-state index in [1.54, 1.807) is 21.5 Å². The Bertz CT molecular complexity index is 849. The summed E-state index contributed by atoms with van der Waals surface area (Å²) >= 11 is 0. The van der Waals surface area contributed by atoms with Gasteiger partial charge in [0.2, 0.25) is 0 Å². The average Bonchev–Trinajstić information content (AvgIpc) is 3.02. The van der Waals surface area contributed by atoms with Crippen molar-refractivity contribution in [1.82, 2.24) is 24.8 Å². The van der Waals surface area contributed by atoms with Crippen molar-refractivity contribution in [2.24, 2.45) is 0 Å². The molecular weight excluding hydrogens is 362 g/mol. The number of likely N-dealkylation sites (N-methyl/N-ethyl adjacent to an activating group) is 1. The fourth-order valence-electron chi connectivity index (χ4n) is 3.27. The lowest BCUT2D eigenvalue weighted by Gasteiger charge is -2.34. The van der Waals surface area contributed by atoms with Gasteiger partial charge in [-0.05, 0) is 33.0 Å². The van der Waals surface area contributed by atoms with E-state index in [1.165, 1.54) is 0 Å². The first kappa shape index (κ1) is 20.0. The SMILES string of the molecule is Cc1ccc(-n2nnc(C(=O)N3CCOC(CN(C)CC(=O)O)C3)c2C)cc1. The molecule has 0 saturated carbocycles. The number of amides is 1. The van der Waals surface area contributed by atoms with E-state index in [9.17, 15) is 9.59 Å². The minimum atomic E-state index is -0.894. The van der Waals surface area contributed by atoms with Gasteiger partial charge >= 0.3 is 5.97 Å². The Kier molecular flexibility index (Phi) is 6.05. The smallest absolute Gasteiger partial charge is 0.317 e. The average molecular weight is 387 g/mol. The van der Waals surface area contributed by atoms with Crippen LogP contribution in [0.5, 0.6) is 0 Å². The Morgan fingerprint density at radius 2 is 2.00 bits per heavy atom. The van der Waals surface area contributed by atoms with Gasteiger partial charge in [-0.3, -0.25) is 14.5 Å². The van der Waals surface area contributed by atoms with Crippen LogP contribution in [0.2, 0.25) is 0 Å². The number of carbonyl (C=O) groups excluding carboxylic acids is 1. The first-order valence-corrected chi connectivity index (χ1v) is 9.15. The molecule has 150 valence electrons. The van der Waals surface area contributed by atoms with Crippen molar-refractivity contribution < 1.29 is 19.4 Å². The maximum Gasteiger partial charge on any atom is 0.317 e. The molecule has 1 aliphatic heterocycles. The van der Waals surface area contributed by atoms with Gasteiger partial charge in [-0.15, -0.1) is 5.10 Å². The van der Waals surface area contributed by atoms with E-state index < -0.39 is 5.97 Å². The number of rotatable bonds is 6. The summed E-state index contributed by atoms with van der Waals surface area (Å²) in [5.41, 5.74) is 3.00. The van der Waals surface area contributed by atoms with Gasteiger partial charge in [0.1, 0.15) is 0 Å². The van der Waals surface area contributed by atoms with E-state index in [2.05, 4.69) is 10.3 Å². The number of carbonyl (C=O) groups is 2. The zero-order valence-corrected chi connectivity index (χ0v) is 16.3. The predicted molar refractivity (Wildman–Crippen MR) is 102 cm³/mol. The van der Waals surface area contributed by atoms with Crippen molar-refractivity contribution >= 4 is 11.9 Å². The molecule has 0 radical (unpaired) electrons. The number of hydrogen-bond acceptors (Lipinski definition) is 6. The largest absolute Gasteiger partial charge is 0.480 e. The van der Waals surface area contributed by atoms with Crippen LogP contribution in [0.25, 0.3) is 5.69 Å². The van der Waals surface area contributed by atoms with E-state index in [1.807, 2.05) is 38.1 Å². The van der Waals surface area contributed by atoms with Crippen LogP contribution in [0.15, 0.2) is 24.3 Å². The maximum atomic E-state index is 13.0. The van der Waals surface area contributed by atoms with E-state index >= 15 is 0 Å². The number of aryl methyl sites for hydroxylation is 1. The second-order valence-corrected chi connectivity index (χ2v) is 7.11. The van der Waals surface area contributed by atoms with Crippen LogP contribution in [0.3, 0.4) is 0 Å². The second kappa shape index (κ2) is 8.49. The lowest BCUT2D eigenvalue weighted by atomic mass is 10.2. The van der Waals surface area contributed by atoms with Gasteiger partial charge < -0.3 is 14.7 Å². The van der Waals surface area contributed by atoms with Crippen LogP contribution in [-0.2, 0) is 9.53 Å². The van der Waals surface area contributed by atoms with Gasteiger partial charge in [0.25, 0.3) is 5.91 Å². The van der Waals surface area contributed by atoms with Gasteiger partial charge in [0.15, 0.2) is 5.69 Å². The van der Waals surface area contributed by atoms with Gasteiger partial charge in [-0.25, -0.2) is 4.68 Å². The van der Waals surface area contributed by atoms with Crippen LogP contribution >= 0.6 is 0 Å². The van der Waals surface area contributed by atoms with Crippen molar-refractivity contribution in [3.8, 4) is 5.69 Å². The molecule has 2 heterocycles. The van der Waals surface area contributed by atoms with Gasteiger partial charge in [-0.2, -0.15) is 0 Å². The summed E-state index contributed by atoms with van der Waals surface area (Å²) in [6.45, 7) is 5.46. The third kappa shape index (κ3) is 4.55. The van der Waals surface area contributed by atoms with Gasteiger partial charge in [-0.1, -0.05) is 22.9 Å². The Morgan fingerprint density at radius 3 is 2.68 bits per heavy atom. The molecule has 1 saturated heterocycles. The molecule has 1 atom stereocenters. The predicted octanol–water partition coefficient (Wildman–Crippen LogP) is 0.742. The van der Waals surface area contributed by atoms with Crippen molar-refractivity contribution in [3.63, 3.8) is 0 Å². The zero-order chi connectivity index (χ0) is 20.3. The number of nitrogens with zero attached hydrogens (tertiary/aromatic N) is 5. The lowest BCUT2D eigenvalue weighted by molar-refractivity contribution is -0.138. The first-order valence-electron chi connectivity index (χ1n) is 9.15. The summed E-state index contributed by atoms with van der Waals surface area (Å²) < 4.78 is 7.35. The molecule has 1 fully saturated rings. The summed E-state index contributed by atoms with van der Waals surface area (Å²) in [6, 6.07) is 7.85. The van der Waals surface area contributed by atoms with Gasteiger partial charge in [0, 0.05) is 19.6 Å². The fraction of sp³-hybridized carbons (Fsp3) is 0.474. The summed E-state index contributed by atoms with van der Waals surface area (Å²) in [4.78, 5) is 27.2. The van der Waals surface area contributed by atoms with Gasteiger partial charge in [0.05, 0.1) is 30.6 Å². The molecule has 2 aromatic rings. The number of ether oxygens (including phenoxy) is 1. The van der Waals surface area contributed by atoms with Crippen molar-refractivity contribution in [1.29, 1.82) is 0 Å². The van der Waals surface area contributed by atoms with Crippen LogP contribution in [-0.4, -0.2) is 87.7 Å².